The molecule has 48 heavy (non-hydrogen) atoms. The summed E-state index contributed by atoms with van der Waals surface area (Å²) in [6.07, 6.45) is -5.72. The Balaban J connectivity index is 1.88. The molecule has 1 fully saturated rings. The van der Waals surface area contributed by atoms with Crippen LogP contribution in [0.1, 0.15) is 70.7 Å². The summed E-state index contributed by atoms with van der Waals surface area (Å²) in [6, 6.07) is 7.42. The third-order valence-electron chi connectivity index (χ3n) is 7.02. The number of H-pyrrole nitrogens is 1. The summed E-state index contributed by atoms with van der Waals surface area (Å²) in [6.45, 7) is 8.98. The van der Waals surface area contributed by atoms with E-state index in [-0.39, 0.29) is 30.9 Å². The van der Waals surface area contributed by atoms with Crippen LogP contribution in [0, 0.1) is 0 Å². The van der Waals surface area contributed by atoms with E-state index >= 15 is 0 Å². The third-order valence-corrected chi connectivity index (χ3v) is 7.02. The van der Waals surface area contributed by atoms with Crippen LogP contribution in [0.4, 0.5) is 0 Å². The van der Waals surface area contributed by atoms with E-state index in [4.69, 9.17) is 38.9 Å². The lowest BCUT2D eigenvalue weighted by Crippen LogP contribution is -2.63. The molecule has 1 saturated heterocycles. The van der Waals surface area contributed by atoms with E-state index < -0.39 is 54.6 Å². The van der Waals surface area contributed by atoms with Gasteiger partial charge in [-0.3, -0.25) is 29.1 Å². The molecule has 1 aliphatic rings. The molecule has 0 aliphatic carbocycles. The predicted molar refractivity (Wildman–Crippen MR) is 167 cm³/mol. The molecule has 0 saturated carbocycles. The number of aromatic nitrogens is 2. The average Bonchev–Trinajstić information content (AvgIpc) is 3.40. The van der Waals surface area contributed by atoms with Crippen molar-refractivity contribution in [2.45, 2.75) is 91.0 Å². The number of nitrogens with zero attached hydrogens (tertiary/aromatic N) is 1. The molecule has 264 valence electrons. The number of aromatic amines is 1. The van der Waals surface area contributed by atoms with E-state index in [0.29, 0.717) is 37.3 Å². The SMILES string of the molecule is CC(=O)OC[C@H]1O[C@@H](Oc2n[nH]c(C(C)C)c2Cc2ccc(OCCCNC(=O)CN)cc2)[C@H](OC(C)=O)[C@@H](OC(C)=O)[C@@H]1OC(C)=O. The highest BCUT2D eigenvalue weighted by Gasteiger charge is 2.53. The van der Waals surface area contributed by atoms with Crippen LogP contribution in [0.5, 0.6) is 11.6 Å². The number of carbonyl (C=O) groups excluding carboxylic acids is 5. The number of nitrogens with one attached hydrogen (secondary N) is 2. The van der Waals surface area contributed by atoms with Crippen molar-refractivity contribution in [3.63, 3.8) is 0 Å². The Morgan fingerprint density at radius 1 is 0.917 bits per heavy atom. The van der Waals surface area contributed by atoms with Crippen molar-refractivity contribution in [1.82, 2.24) is 15.5 Å². The van der Waals surface area contributed by atoms with Crippen LogP contribution in [-0.2, 0) is 54.1 Å². The molecule has 1 aromatic carbocycles. The van der Waals surface area contributed by atoms with E-state index in [1.807, 2.05) is 38.1 Å². The molecule has 16 heteroatoms. The van der Waals surface area contributed by atoms with E-state index in [1.165, 1.54) is 6.92 Å². The van der Waals surface area contributed by atoms with Gasteiger partial charge >= 0.3 is 23.9 Å². The maximum atomic E-state index is 12.2. The zero-order valence-electron chi connectivity index (χ0n) is 27.9. The van der Waals surface area contributed by atoms with E-state index in [2.05, 4.69) is 15.5 Å². The number of carbonyl (C=O) groups is 5. The third kappa shape index (κ3) is 11.2. The first kappa shape index (κ1) is 37.8. The molecular formula is C32H44N4O12. The van der Waals surface area contributed by atoms with Crippen molar-refractivity contribution in [3.8, 4) is 11.6 Å². The quantitative estimate of drug-likeness (QED) is 0.130. The minimum atomic E-state index is -1.43. The average molecular weight is 677 g/mol. The smallest absolute Gasteiger partial charge is 0.303 e. The number of nitrogens with two attached hydrogens (primary N) is 1. The molecule has 1 amide bonds. The monoisotopic (exact) mass is 676 g/mol. The zero-order valence-corrected chi connectivity index (χ0v) is 27.9. The second-order valence-corrected chi connectivity index (χ2v) is 11.3. The van der Waals surface area contributed by atoms with Gasteiger partial charge in [0, 0.05) is 51.9 Å². The fourth-order valence-electron chi connectivity index (χ4n) is 4.97. The largest absolute Gasteiger partial charge is 0.494 e. The first-order valence-corrected chi connectivity index (χ1v) is 15.5. The molecule has 1 aliphatic heterocycles. The van der Waals surface area contributed by atoms with Gasteiger partial charge < -0.3 is 44.2 Å². The Bertz CT molecular complexity index is 1410. The van der Waals surface area contributed by atoms with Crippen molar-refractivity contribution in [2.24, 2.45) is 5.73 Å². The minimum Gasteiger partial charge on any atom is -0.494 e. The van der Waals surface area contributed by atoms with Gasteiger partial charge in [0.2, 0.25) is 24.2 Å². The summed E-state index contributed by atoms with van der Waals surface area (Å²) < 4.78 is 39.7. The lowest BCUT2D eigenvalue weighted by Gasteiger charge is -2.43. The minimum absolute atomic E-state index is 0.00242. The van der Waals surface area contributed by atoms with Gasteiger partial charge in [-0.05, 0) is 30.0 Å². The number of ether oxygens (including phenoxy) is 7. The summed E-state index contributed by atoms with van der Waals surface area (Å²) in [5, 5.41) is 10.1. The Kier molecular flexibility index (Phi) is 14.2. The maximum Gasteiger partial charge on any atom is 0.303 e. The van der Waals surface area contributed by atoms with Gasteiger partial charge in [0.05, 0.1) is 13.2 Å². The van der Waals surface area contributed by atoms with E-state index in [1.54, 1.807) is 0 Å². The van der Waals surface area contributed by atoms with Crippen LogP contribution in [-0.4, -0.2) is 97.0 Å². The topological polar surface area (TPSA) is 217 Å². The van der Waals surface area contributed by atoms with Crippen LogP contribution in [0.25, 0.3) is 0 Å². The van der Waals surface area contributed by atoms with Crippen molar-refractivity contribution in [2.75, 3.05) is 26.3 Å². The van der Waals surface area contributed by atoms with Crippen LogP contribution < -0.4 is 20.5 Å². The van der Waals surface area contributed by atoms with Gasteiger partial charge in [0.15, 0.2) is 12.2 Å². The van der Waals surface area contributed by atoms with Crippen molar-refractivity contribution >= 4 is 29.8 Å². The lowest BCUT2D eigenvalue weighted by molar-refractivity contribution is -0.289. The van der Waals surface area contributed by atoms with Gasteiger partial charge in [-0.15, -0.1) is 5.10 Å². The number of hydrogen-bond donors (Lipinski definition) is 3. The maximum absolute atomic E-state index is 12.2. The van der Waals surface area contributed by atoms with Crippen molar-refractivity contribution < 1.29 is 57.1 Å². The van der Waals surface area contributed by atoms with Gasteiger partial charge in [0.1, 0.15) is 18.5 Å². The first-order valence-electron chi connectivity index (χ1n) is 15.5. The molecule has 2 aromatic rings. The molecule has 0 spiro atoms. The fraction of sp³-hybridized carbons (Fsp3) is 0.562. The number of hydrogen-bond acceptors (Lipinski definition) is 14. The Labute approximate surface area is 278 Å². The molecule has 0 bridgehead atoms. The number of rotatable bonds is 16. The molecular weight excluding hydrogens is 632 g/mol. The highest BCUT2D eigenvalue weighted by molar-refractivity contribution is 5.77. The summed E-state index contributed by atoms with van der Waals surface area (Å²) in [4.78, 5) is 59.4. The first-order chi connectivity index (χ1) is 22.8. The molecule has 4 N–H and O–H groups in total. The van der Waals surface area contributed by atoms with Crippen LogP contribution >= 0.6 is 0 Å². The van der Waals surface area contributed by atoms with Crippen LogP contribution in [0.3, 0.4) is 0 Å². The van der Waals surface area contributed by atoms with Gasteiger partial charge in [-0.2, -0.15) is 0 Å². The standard InChI is InChI=1S/C32H44N4O12/c1-17(2)27-24(14-22-8-10-23(11-9-22)42-13-7-12-34-26(41)15-33)31(36-35-27)48-32-30(46-21(6)40)29(45-20(5)39)28(44-19(4)38)25(47-32)16-43-18(3)37/h8-11,17,25,28-30,32H,7,12-16,33H2,1-6H3,(H,34,41)(H,35,36)/t25-,28-,29+,30-,32+/m1/s1. The summed E-state index contributed by atoms with van der Waals surface area (Å²) in [5.41, 5.74) is 7.64. The predicted octanol–water partition coefficient (Wildman–Crippen LogP) is 1.43. The summed E-state index contributed by atoms with van der Waals surface area (Å²) >= 11 is 0. The number of benzene rings is 1. The Morgan fingerprint density at radius 3 is 2.12 bits per heavy atom. The van der Waals surface area contributed by atoms with Gasteiger partial charge in [0.25, 0.3) is 0 Å². The molecule has 3 rings (SSSR count). The van der Waals surface area contributed by atoms with Crippen molar-refractivity contribution in [1.29, 1.82) is 0 Å². The van der Waals surface area contributed by atoms with Crippen molar-refractivity contribution in [3.05, 3.63) is 41.1 Å². The van der Waals surface area contributed by atoms with Gasteiger partial charge in [-0.25, -0.2) is 0 Å². The lowest BCUT2D eigenvalue weighted by atomic mass is 9.97. The summed E-state index contributed by atoms with van der Waals surface area (Å²) in [7, 11) is 0. The second-order valence-electron chi connectivity index (χ2n) is 11.3. The Morgan fingerprint density at radius 2 is 1.54 bits per heavy atom. The van der Waals surface area contributed by atoms with Crippen LogP contribution in [0.15, 0.2) is 24.3 Å². The second kappa shape index (κ2) is 18.0. The fourth-order valence-corrected chi connectivity index (χ4v) is 4.97. The summed E-state index contributed by atoms with van der Waals surface area (Å²) in [5.74, 6) is -2.32. The number of amides is 1. The molecule has 0 unspecified atom stereocenters. The molecule has 16 nitrogen and oxygen atoms in total. The van der Waals surface area contributed by atoms with Gasteiger partial charge in [-0.1, -0.05) is 26.0 Å². The highest BCUT2D eigenvalue weighted by atomic mass is 16.7. The normalized spacial score (nSPS) is 20.4. The molecule has 0 radical (unpaired) electrons. The molecule has 2 heterocycles. The molecule has 1 aromatic heterocycles. The highest BCUT2D eigenvalue weighted by Crippen LogP contribution is 2.34. The molecule has 5 atom stereocenters. The van der Waals surface area contributed by atoms with E-state index in [0.717, 1.165) is 32.0 Å². The van der Waals surface area contributed by atoms with E-state index in [9.17, 15) is 24.0 Å². The number of esters is 4. The zero-order chi connectivity index (χ0) is 35.4. The van der Waals surface area contributed by atoms with Crippen LogP contribution in [0.2, 0.25) is 0 Å². The Hall–Kier alpha value is -4.70.